The van der Waals surface area contributed by atoms with Gasteiger partial charge in [0.15, 0.2) is 0 Å². The Morgan fingerprint density at radius 2 is 2.17 bits per heavy atom. The third kappa shape index (κ3) is 2.83. The Bertz CT molecular complexity index is 540. The van der Waals surface area contributed by atoms with Crippen molar-refractivity contribution < 1.29 is 8.42 Å². The average Bonchev–Trinajstić information content (AvgIpc) is 3.05. The summed E-state index contributed by atoms with van der Waals surface area (Å²) in [6, 6.07) is 1.53. The summed E-state index contributed by atoms with van der Waals surface area (Å²) in [5.41, 5.74) is 5.71. The highest BCUT2D eigenvalue weighted by Crippen LogP contribution is 2.39. The maximum Gasteiger partial charge on any atom is 0.245 e. The van der Waals surface area contributed by atoms with Crippen molar-refractivity contribution in [2.24, 2.45) is 11.7 Å². The van der Waals surface area contributed by atoms with Gasteiger partial charge in [0.25, 0.3) is 0 Å². The number of nitrogens with zero attached hydrogens (tertiary/aromatic N) is 1. The summed E-state index contributed by atoms with van der Waals surface area (Å²) >= 11 is 7.95. The second kappa shape index (κ2) is 5.49. The van der Waals surface area contributed by atoms with Crippen LogP contribution in [0.25, 0.3) is 0 Å². The third-order valence-corrected chi connectivity index (χ3v) is 7.79. The van der Waals surface area contributed by atoms with Crippen molar-refractivity contribution in [3.8, 4) is 0 Å². The van der Waals surface area contributed by atoms with Gasteiger partial charge in [-0.05, 0) is 56.7 Å². The summed E-state index contributed by atoms with van der Waals surface area (Å²) in [6.45, 7) is 0.364. The maximum absolute atomic E-state index is 12.5. The normalized spacial score (nSPS) is 18.3. The maximum atomic E-state index is 12.5. The topological polar surface area (TPSA) is 63.4 Å². The number of rotatable bonds is 5. The van der Waals surface area contributed by atoms with Gasteiger partial charge in [0.05, 0.1) is 7.57 Å². The predicted molar refractivity (Wildman–Crippen MR) is 80.2 cm³/mol. The zero-order chi connectivity index (χ0) is 13.5. The fourth-order valence-corrected chi connectivity index (χ4v) is 7.14. The van der Waals surface area contributed by atoms with E-state index >= 15 is 0 Å². The van der Waals surface area contributed by atoms with E-state index in [4.69, 9.17) is 5.73 Å². The van der Waals surface area contributed by atoms with Gasteiger partial charge in [-0.2, -0.15) is 4.31 Å². The molecule has 1 saturated carbocycles. The lowest BCUT2D eigenvalue weighted by Crippen LogP contribution is -2.43. The summed E-state index contributed by atoms with van der Waals surface area (Å²) < 4.78 is 27.9. The Kier molecular flexibility index (Phi) is 4.56. The van der Waals surface area contributed by atoms with Crippen LogP contribution < -0.4 is 5.73 Å². The number of hydrogen-bond acceptors (Lipinski definition) is 4. The molecule has 0 amide bonds. The zero-order valence-electron chi connectivity index (χ0n) is 9.77. The van der Waals surface area contributed by atoms with E-state index in [-0.39, 0.29) is 6.04 Å². The molecule has 0 saturated heterocycles. The molecule has 1 aliphatic carbocycles. The van der Waals surface area contributed by atoms with Gasteiger partial charge < -0.3 is 5.73 Å². The van der Waals surface area contributed by atoms with Gasteiger partial charge in [0.1, 0.15) is 4.90 Å². The molecule has 1 fully saturated rings. The number of likely N-dealkylation sites (N-methyl/N-ethyl adjacent to an activating group) is 1. The summed E-state index contributed by atoms with van der Waals surface area (Å²) in [5, 5.41) is 0. The first kappa shape index (κ1) is 14.9. The zero-order valence-corrected chi connectivity index (χ0v) is 14.6. The molecule has 1 aliphatic rings. The summed E-state index contributed by atoms with van der Waals surface area (Å²) in [6.07, 6.45) is 2.13. The number of sulfonamides is 1. The lowest BCUT2D eigenvalue weighted by atomic mass is 10.2. The van der Waals surface area contributed by atoms with Crippen LogP contribution in [0.2, 0.25) is 0 Å². The molecule has 0 radical (unpaired) electrons. The molecule has 1 atom stereocenters. The van der Waals surface area contributed by atoms with Gasteiger partial charge in [-0.3, -0.25) is 0 Å². The van der Waals surface area contributed by atoms with Gasteiger partial charge in [0.2, 0.25) is 10.0 Å². The second-order valence-corrected chi connectivity index (χ2v) is 10.1. The van der Waals surface area contributed by atoms with Crippen molar-refractivity contribution in [3.63, 3.8) is 0 Å². The van der Waals surface area contributed by atoms with Crippen LogP contribution in [-0.4, -0.2) is 32.4 Å². The predicted octanol–water partition coefficient (Wildman–Crippen LogP) is 2.63. The van der Waals surface area contributed by atoms with Crippen LogP contribution in [0.4, 0.5) is 0 Å². The van der Waals surface area contributed by atoms with E-state index < -0.39 is 10.0 Å². The first-order valence-electron chi connectivity index (χ1n) is 5.51. The van der Waals surface area contributed by atoms with Crippen LogP contribution in [0.15, 0.2) is 18.5 Å². The molecular weight excluding hydrogens is 404 g/mol. The van der Waals surface area contributed by atoms with E-state index in [1.807, 2.05) is 0 Å². The minimum atomic E-state index is -3.48. The fraction of sp³-hybridized carbons (Fsp3) is 0.600. The van der Waals surface area contributed by atoms with Gasteiger partial charge in [-0.1, -0.05) is 0 Å². The van der Waals surface area contributed by atoms with E-state index in [1.54, 1.807) is 13.1 Å². The van der Waals surface area contributed by atoms with Crippen LogP contribution in [-0.2, 0) is 10.0 Å². The van der Waals surface area contributed by atoms with Crippen LogP contribution in [0.1, 0.15) is 12.8 Å². The van der Waals surface area contributed by atoms with E-state index in [9.17, 15) is 8.42 Å². The van der Waals surface area contributed by atoms with Crippen molar-refractivity contribution in [2.45, 2.75) is 23.8 Å². The summed E-state index contributed by atoms with van der Waals surface area (Å²) in [7, 11) is -1.86. The molecule has 8 heteroatoms. The molecule has 1 unspecified atom stereocenters. The Balaban J connectivity index is 2.32. The van der Waals surface area contributed by atoms with Crippen LogP contribution in [0.5, 0.6) is 0 Å². The Hall–Kier alpha value is 0.530. The molecule has 2 N–H and O–H groups in total. The number of thiophene rings is 1. The fourth-order valence-electron chi connectivity index (χ4n) is 1.95. The second-order valence-electron chi connectivity index (χ2n) is 4.35. The molecule has 2 rings (SSSR count). The molecular formula is C10H14Br2N2O2S2. The summed E-state index contributed by atoms with van der Waals surface area (Å²) in [5.74, 6) is 0.413. The minimum Gasteiger partial charge on any atom is -0.329 e. The molecule has 18 heavy (non-hydrogen) atoms. The van der Waals surface area contributed by atoms with Gasteiger partial charge in [-0.25, -0.2) is 8.42 Å². The van der Waals surface area contributed by atoms with Crippen LogP contribution in [0.3, 0.4) is 0 Å². The molecule has 0 bridgehead atoms. The lowest BCUT2D eigenvalue weighted by molar-refractivity contribution is 0.340. The lowest BCUT2D eigenvalue weighted by Gasteiger charge is -2.26. The summed E-state index contributed by atoms with van der Waals surface area (Å²) in [4.78, 5) is 0.306. The molecule has 0 spiro atoms. The smallest absolute Gasteiger partial charge is 0.245 e. The molecule has 1 aromatic heterocycles. The Labute approximate surface area is 128 Å². The highest BCUT2D eigenvalue weighted by Gasteiger charge is 2.39. The molecule has 102 valence electrons. The molecule has 0 aliphatic heterocycles. The number of hydrogen-bond donors (Lipinski definition) is 1. The molecule has 1 aromatic rings. The van der Waals surface area contributed by atoms with E-state index in [0.29, 0.717) is 21.1 Å². The van der Waals surface area contributed by atoms with E-state index in [1.165, 1.54) is 15.6 Å². The molecule has 1 heterocycles. The van der Waals surface area contributed by atoms with E-state index in [2.05, 4.69) is 31.9 Å². The van der Waals surface area contributed by atoms with Gasteiger partial charge in [0, 0.05) is 19.6 Å². The van der Waals surface area contributed by atoms with Crippen molar-refractivity contribution in [1.29, 1.82) is 0 Å². The van der Waals surface area contributed by atoms with Crippen LogP contribution >= 0.6 is 43.2 Å². The van der Waals surface area contributed by atoms with Crippen molar-refractivity contribution in [1.82, 2.24) is 4.31 Å². The van der Waals surface area contributed by atoms with Crippen molar-refractivity contribution in [3.05, 3.63) is 13.6 Å². The average molecular weight is 418 g/mol. The molecule has 0 aromatic carbocycles. The van der Waals surface area contributed by atoms with Crippen molar-refractivity contribution >= 4 is 53.2 Å². The first-order valence-corrected chi connectivity index (χ1v) is 9.35. The minimum absolute atomic E-state index is 0.0967. The SMILES string of the molecule is CN(C(CN)C1CC1)S(=O)(=O)c1cc(Br)sc1Br. The first-order chi connectivity index (χ1) is 8.37. The Morgan fingerprint density at radius 1 is 1.56 bits per heavy atom. The Morgan fingerprint density at radius 3 is 2.56 bits per heavy atom. The van der Waals surface area contributed by atoms with Gasteiger partial charge in [-0.15, -0.1) is 11.3 Å². The van der Waals surface area contributed by atoms with Crippen LogP contribution in [0, 0.1) is 5.92 Å². The highest BCUT2D eigenvalue weighted by atomic mass is 79.9. The molecule has 4 nitrogen and oxygen atoms in total. The standard InChI is InChI=1S/C10H14Br2N2O2S2/c1-14(7(5-13)6-2-3-6)18(15,16)8-4-9(11)17-10(8)12/h4,6-7H,2-3,5,13H2,1H3. The number of halogens is 2. The third-order valence-electron chi connectivity index (χ3n) is 3.16. The monoisotopic (exact) mass is 416 g/mol. The number of nitrogens with two attached hydrogens (primary N) is 1. The largest absolute Gasteiger partial charge is 0.329 e. The van der Waals surface area contributed by atoms with Gasteiger partial charge >= 0.3 is 0 Å². The quantitative estimate of drug-likeness (QED) is 0.800. The van der Waals surface area contributed by atoms with Crippen molar-refractivity contribution in [2.75, 3.05) is 13.6 Å². The highest BCUT2D eigenvalue weighted by molar-refractivity contribution is 9.12. The van der Waals surface area contributed by atoms with E-state index in [0.717, 1.165) is 16.6 Å².